The fourth-order valence-corrected chi connectivity index (χ4v) is 1.36. The third-order valence-electron chi connectivity index (χ3n) is 1.88. The molecule has 82 valence electrons. The van der Waals surface area contributed by atoms with Crippen LogP contribution >= 0.6 is 0 Å². The zero-order valence-corrected chi connectivity index (χ0v) is 9.27. The van der Waals surface area contributed by atoms with Crippen LogP contribution in [0.5, 0.6) is 0 Å². The Balaban J connectivity index is 2.70. The van der Waals surface area contributed by atoms with Gasteiger partial charge in [0, 0.05) is 26.0 Å². The molecule has 1 aromatic heterocycles. The molecule has 1 amide bonds. The zero-order chi connectivity index (χ0) is 11.5. The van der Waals surface area contributed by atoms with Crippen molar-refractivity contribution in [3.05, 3.63) is 30.1 Å². The van der Waals surface area contributed by atoms with Crippen LogP contribution in [0.3, 0.4) is 0 Å². The minimum Gasteiger partial charge on any atom is -0.389 e. The van der Waals surface area contributed by atoms with Crippen molar-refractivity contribution in [3.63, 3.8) is 0 Å². The molecule has 15 heavy (non-hydrogen) atoms. The molecule has 4 heteroatoms. The standard InChI is InChI=1S/C11H16N2O2/c1-11(2,15)8-13(3)10(14)9-5-4-6-12-7-9/h4-7,15H,8H2,1-3H3. The topological polar surface area (TPSA) is 53.4 Å². The number of likely N-dealkylation sites (N-methyl/N-ethyl adjacent to an activating group) is 1. The van der Waals surface area contributed by atoms with E-state index in [1.165, 1.54) is 11.1 Å². The first-order valence-electron chi connectivity index (χ1n) is 4.78. The fourth-order valence-electron chi connectivity index (χ4n) is 1.36. The summed E-state index contributed by atoms with van der Waals surface area (Å²) in [6.45, 7) is 3.63. The van der Waals surface area contributed by atoms with Gasteiger partial charge in [-0.15, -0.1) is 0 Å². The maximum absolute atomic E-state index is 11.8. The Bertz CT molecular complexity index is 330. The van der Waals surface area contributed by atoms with E-state index in [1.807, 2.05) is 0 Å². The first-order valence-corrected chi connectivity index (χ1v) is 4.78. The molecule has 0 bridgehead atoms. The Morgan fingerprint density at radius 2 is 2.27 bits per heavy atom. The van der Waals surface area contributed by atoms with Crippen molar-refractivity contribution in [2.75, 3.05) is 13.6 Å². The van der Waals surface area contributed by atoms with E-state index in [-0.39, 0.29) is 5.91 Å². The Labute approximate surface area is 89.6 Å². The molecule has 0 saturated carbocycles. The summed E-state index contributed by atoms with van der Waals surface area (Å²) in [7, 11) is 1.66. The molecule has 1 heterocycles. The Kier molecular flexibility index (Phi) is 3.42. The van der Waals surface area contributed by atoms with Crippen LogP contribution in [-0.2, 0) is 0 Å². The van der Waals surface area contributed by atoms with Crippen LogP contribution in [-0.4, -0.2) is 40.1 Å². The quantitative estimate of drug-likeness (QED) is 0.803. The van der Waals surface area contributed by atoms with Crippen LogP contribution in [0.15, 0.2) is 24.5 Å². The highest BCUT2D eigenvalue weighted by Gasteiger charge is 2.20. The van der Waals surface area contributed by atoms with Gasteiger partial charge in [-0.3, -0.25) is 9.78 Å². The largest absolute Gasteiger partial charge is 0.389 e. The maximum Gasteiger partial charge on any atom is 0.255 e. The lowest BCUT2D eigenvalue weighted by Gasteiger charge is -2.25. The van der Waals surface area contributed by atoms with Crippen molar-refractivity contribution in [3.8, 4) is 0 Å². The van der Waals surface area contributed by atoms with E-state index in [4.69, 9.17) is 0 Å². The van der Waals surface area contributed by atoms with Gasteiger partial charge in [0.15, 0.2) is 0 Å². The molecule has 0 aliphatic heterocycles. The molecular weight excluding hydrogens is 192 g/mol. The SMILES string of the molecule is CN(CC(C)(C)O)C(=O)c1cccnc1. The van der Waals surface area contributed by atoms with E-state index in [0.717, 1.165) is 0 Å². The summed E-state index contributed by atoms with van der Waals surface area (Å²) in [5.74, 6) is -0.134. The molecule has 1 aromatic rings. The van der Waals surface area contributed by atoms with Gasteiger partial charge in [0.2, 0.25) is 0 Å². The van der Waals surface area contributed by atoms with Crippen molar-refractivity contribution in [1.29, 1.82) is 0 Å². The normalized spacial score (nSPS) is 11.2. The first kappa shape index (κ1) is 11.7. The molecule has 0 spiro atoms. The van der Waals surface area contributed by atoms with Crippen LogP contribution < -0.4 is 0 Å². The smallest absolute Gasteiger partial charge is 0.255 e. The van der Waals surface area contributed by atoms with Gasteiger partial charge in [0.05, 0.1) is 11.2 Å². The lowest BCUT2D eigenvalue weighted by Crippen LogP contribution is -2.39. The van der Waals surface area contributed by atoms with Crippen molar-refractivity contribution in [2.24, 2.45) is 0 Å². The van der Waals surface area contributed by atoms with E-state index < -0.39 is 5.60 Å². The number of aromatic nitrogens is 1. The van der Waals surface area contributed by atoms with E-state index in [9.17, 15) is 9.90 Å². The summed E-state index contributed by atoms with van der Waals surface area (Å²) in [6.07, 6.45) is 3.13. The molecule has 0 radical (unpaired) electrons. The number of amides is 1. The van der Waals surface area contributed by atoms with Crippen LogP contribution in [0.2, 0.25) is 0 Å². The van der Waals surface area contributed by atoms with E-state index >= 15 is 0 Å². The van der Waals surface area contributed by atoms with Gasteiger partial charge in [0.25, 0.3) is 5.91 Å². The van der Waals surface area contributed by atoms with Crippen molar-refractivity contribution < 1.29 is 9.90 Å². The maximum atomic E-state index is 11.8. The predicted molar refractivity (Wildman–Crippen MR) is 57.5 cm³/mol. The molecule has 0 aliphatic rings. The minimum absolute atomic E-state index is 0.134. The summed E-state index contributed by atoms with van der Waals surface area (Å²) in [4.78, 5) is 17.2. The van der Waals surface area contributed by atoms with Crippen LogP contribution in [0, 0.1) is 0 Å². The van der Waals surface area contributed by atoms with E-state index in [0.29, 0.717) is 12.1 Å². The van der Waals surface area contributed by atoms with Crippen LogP contribution in [0.25, 0.3) is 0 Å². The highest BCUT2D eigenvalue weighted by Crippen LogP contribution is 2.07. The van der Waals surface area contributed by atoms with Gasteiger partial charge in [-0.1, -0.05) is 0 Å². The van der Waals surface area contributed by atoms with Crippen LogP contribution in [0.1, 0.15) is 24.2 Å². The molecular formula is C11H16N2O2. The number of rotatable bonds is 3. The lowest BCUT2D eigenvalue weighted by atomic mass is 10.1. The molecule has 0 unspecified atom stereocenters. The molecule has 1 rings (SSSR count). The molecule has 0 saturated heterocycles. The third kappa shape index (κ3) is 3.67. The number of carbonyl (C=O) groups excluding carboxylic acids is 1. The Morgan fingerprint density at radius 1 is 1.60 bits per heavy atom. The second-order valence-electron chi connectivity index (χ2n) is 4.22. The van der Waals surface area contributed by atoms with Gasteiger partial charge < -0.3 is 10.0 Å². The number of aliphatic hydroxyl groups is 1. The first-order chi connectivity index (χ1) is 6.90. The fraction of sp³-hybridized carbons (Fsp3) is 0.455. The number of hydrogen-bond donors (Lipinski definition) is 1. The van der Waals surface area contributed by atoms with Gasteiger partial charge in [-0.2, -0.15) is 0 Å². The molecule has 4 nitrogen and oxygen atoms in total. The predicted octanol–water partition coefficient (Wildman–Crippen LogP) is 0.925. The highest BCUT2D eigenvalue weighted by atomic mass is 16.3. The summed E-state index contributed by atoms with van der Waals surface area (Å²) < 4.78 is 0. The average Bonchev–Trinajstić information content (AvgIpc) is 2.15. The highest BCUT2D eigenvalue weighted by molar-refractivity contribution is 5.93. The molecule has 0 aromatic carbocycles. The molecule has 0 fully saturated rings. The third-order valence-corrected chi connectivity index (χ3v) is 1.88. The van der Waals surface area contributed by atoms with Crippen LogP contribution in [0.4, 0.5) is 0 Å². The summed E-state index contributed by atoms with van der Waals surface area (Å²) in [5.41, 5.74) is -0.351. The molecule has 0 aliphatic carbocycles. The van der Waals surface area contributed by atoms with Crippen molar-refractivity contribution in [1.82, 2.24) is 9.88 Å². The Hall–Kier alpha value is -1.42. The van der Waals surface area contributed by atoms with E-state index in [2.05, 4.69) is 4.98 Å². The number of pyridine rings is 1. The zero-order valence-electron chi connectivity index (χ0n) is 9.27. The summed E-state index contributed by atoms with van der Waals surface area (Å²) >= 11 is 0. The number of carbonyl (C=O) groups is 1. The van der Waals surface area contributed by atoms with Gasteiger partial charge in [-0.05, 0) is 26.0 Å². The van der Waals surface area contributed by atoms with Crippen molar-refractivity contribution >= 4 is 5.91 Å². The van der Waals surface area contributed by atoms with Gasteiger partial charge in [0.1, 0.15) is 0 Å². The molecule has 1 N–H and O–H groups in total. The minimum atomic E-state index is -0.882. The summed E-state index contributed by atoms with van der Waals surface area (Å²) in [6, 6.07) is 3.42. The number of nitrogens with zero attached hydrogens (tertiary/aromatic N) is 2. The van der Waals surface area contributed by atoms with Gasteiger partial charge in [-0.25, -0.2) is 0 Å². The number of hydrogen-bond acceptors (Lipinski definition) is 3. The van der Waals surface area contributed by atoms with Gasteiger partial charge >= 0.3 is 0 Å². The van der Waals surface area contributed by atoms with E-state index in [1.54, 1.807) is 39.2 Å². The second-order valence-corrected chi connectivity index (χ2v) is 4.22. The lowest BCUT2D eigenvalue weighted by molar-refractivity contribution is 0.0367. The second kappa shape index (κ2) is 4.40. The Morgan fingerprint density at radius 3 is 2.73 bits per heavy atom. The summed E-state index contributed by atoms with van der Waals surface area (Å²) in [5, 5.41) is 9.57. The monoisotopic (exact) mass is 208 g/mol. The molecule has 0 atom stereocenters. The average molecular weight is 208 g/mol. The van der Waals surface area contributed by atoms with Crippen molar-refractivity contribution in [2.45, 2.75) is 19.4 Å².